The zero-order valence-electron chi connectivity index (χ0n) is 12.8. The third-order valence-electron chi connectivity index (χ3n) is 5.26. The molecule has 3 nitrogen and oxygen atoms in total. The molecular weight excluding hydrogens is 234 g/mol. The van der Waals surface area contributed by atoms with E-state index < -0.39 is 0 Å². The van der Waals surface area contributed by atoms with Gasteiger partial charge >= 0.3 is 0 Å². The van der Waals surface area contributed by atoms with E-state index in [0.29, 0.717) is 22.3 Å². The molecular formula is C16H23N3. The van der Waals surface area contributed by atoms with Crippen LogP contribution in [0.2, 0.25) is 0 Å². The van der Waals surface area contributed by atoms with E-state index in [4.69, 9.17) is 0 Å². The largest absolute Gasteiger partial charge is 0.384 e. The van der Waals surface area contributed by atoms with Crippen LogP contribution >= 0.6 is 0 Å². The molecule has 0 bridgehead atoms. The van der Waals surface area contributed by atoms with Gasteiger partial charge in [0.2, 0.25) is 0 Å². The third-order valence-corrected chi connectivity index (χ3v) is 5.26. The molecule has 2 rings (SSSR count). The number of nitriles is 1. The molecule has 0 atom stereocenters. The zero-order valence-corrected chi connectivity index (χ0v) is 12.8. The normalized spacial score (nSPS) is 19.8. The van der Waals surface area contributed by atoms with Gasteiger partial charge in [0.15, 0.2) is 0 Å². The number of hydrogen-bond donors (Lipinski definition) is 1. The molecule has 0 spiro atoms. The van der Waals surface area contributed by atoms with E-state index >= 15 is 0 Å². The molecule has 1 saturated carbocycles. The Labute approximate surface area is 116 Å². The lowest BCUT2D eigenvalue weighted by molar-refractivity contribution is 0.457. The summed E-state index contributed by atoms with van der Waals surface area (Å²) in [5.74, 6) is 0.639. The highest BCUT2D eigenvalue weighted by Crippen LogP contribution is 2.68. The van der Waals surface area contributed by atoms with Gasteiger partial charge in [0.25, 0.3) is 0 Å². The van der Waals surface area contributed by atoms with Crippen molar-refractivity contribution in [2.45, 2.75) is 41.5 Å². The van der Waals surface area contributed by atoms with Gasteiger partial charge in [-0.15, -0.1) is 0 Å². The van der Waals surface area contributed by atoms with E-state index in [9.17, 15) is 5.26 Å². The van der Waals surface area contributed by atoms with Crippen molar-refractivity contribution >= 4 is 5.69 Å². The summed E-state index contributed by atoms with van der Waals surface area (Å²) in [6.07, 6.45) is 0. The number of anilines is 1. The lowest BCUT2D eigenvalue weighted by atomic mass is 10.0. The summed E-state index contributed by atoms with van der Waals surface area (Å²) in [7, 11) is 0. The van der Waals surface area contributed by atoms with Crippen LogP contribution in [0.15, 0.2) is 6.07 Å². The maximum atomic E-state index is 9.25. The number of rotatable bonds is 3. The number of nitrogens with zero attached hydrogens (tertiary/aromatic N) is 2. The van der Waals surface area contributed by atoms with Crippen LogP contribution in [0.25, 0.3) is 0 Å². The van der Waals surface area contributed by atoms with Crippen LogP contribution in [0.1, 0.15) is 44.6 Å². The SMILES string of the molecule is Cc1cc(NCC2C(C)(C)C2(C)C)c(C#N)c(C)n1. The van der Waals surface area contributed by atoms with Crippen molar-refractivity contribution < 1.29 is 0 Å². The van der Waals surface area contributed by atoms with Crippen LogP contribution in [0.4, 0.5) is 5.69 Å². The van der Waals surface area contributed by atoms with Crippen LogP contribution in [0, 0.1) is 41.9 Å². The minimum Gasteiger partial charge on any atom is -0.384 e. The standard InChI is InChI=1S/C16H23N3/c1-10-7-13(12(8-17)11(2)19-10)18-9-14-15(3,4)16(14,5)6/h7,14H,9H2,1-6H3,(H,18,19). The maximum absolute atomic E-state index is 9.25. The van der Waals surface area contributed by atoms with E-state index in [1.165, 1.54) is 0 Å². The van der Waals surface area contributed by atoms with E-state index in [-0.39, 0.29) is 0 Å². The molecule has 19 heavy (non-hydrogen) atoms. The van der Waals surface area contributed by atoms with E-state index in [1.54, 1.807) is 0 Å². The van der Waals surface area contributed by atoms with Gasteiger partial charge in [-0.25, -0.2) is 0 Å². The molecule has 0 amide bonds. The molecule has 0 radical (unpaired) electrons. The maximum Gasteiger partial charge on any atom is 0.103 e. The minimum absolute atomic E-state index is 0.365. The Hall–Kier alpha value is -1.56. The summed E-state index contributed by atoms with van der Waals surface area (Å²) in [5, 5.41) is 12.7. The number of aryl methyl sites for hydroxylation is 2. The number of hydrogen-bond acceptors (Lipinski definition) is 3. The first kappa shape index (κ1) is 13.9. The smallest absolute Gasteiger partial charge is 0.103 e. The Bertz CT molecular complexity index is 536. The summed E-state index contributed by atoms with van der Waals surface area (Å²) >= 11 is 0. The second-order valence-electron chi connectivity index (χ2n) is 6.76. The molecule has 0 unspecified atom stereocenters. The Morgan fingerprint density at radius 3 is 2.32 bits per heavy atom. The Balaban J connectivity index is 2.16. The fourth-order valence-electron chi connectivity index (χ4n) is 3.16. The molecule has 102 valence electrons. The quantitative estimate of drug-likeness (QED) is 0.899. The third kappa shape index (κ3) is 2.10. The zero-order chi connectivity index (χ0) is 14.4. The van der Waals surface area contributed by atoms with E-state index in [2.05, 4.69) is 44.1 Å². The molecule has 1 N–H and O–H groups in total. The Morgan fingerprint density at radius 2 is 1.84 bits per heavy atom. The van der Waals surface area contributed by atoms with Crippen molar-refractivity contribution in [3.63, 3.8) is 0 Å². The second-order valence-corrected chi connectivity index (χ2v) is 6.76. The summed E-state index contributed by atoms with van der Waals surface area (Å²) in [5.41, 5.74) is 4.08. The van der Waals surface area contributed by atoms with E-state index in [1.807, 2.05) is 19.9 Å². The highest BCUT2D eigenvalue weighted by molar-refractivity contribution is 5.60. The average Bonchev–Trinajstić information content (AvgIpc) is 2.66. The topological polar surface area (TPSA) is 48.7 Å². The van der Waals surface area contributed by atoms with Crippen LogP contribution in [0.5, 0.6) is 0 Å². The Morgan fingerprint density at radius 1 is 1.26 bits per heavy atom. The van der Waals surface area contributed by atoms with Crippen LogP contribution in [0.3, 0.4) is 0 Å². The van der Waals surface area contributed by atoms with Gasteiger partial charge in [0.05, 0.1) is 16.9 Å². The molecule has 1 aliphatic rings. The van der Waals surface area contributed by atoms with Crippen molar-refractivity contribution in [2.24, 2.45) is 16.7 Å². The van der Waals surface area contributed by atoms with Gasteiger partial charge < -0.3 is 5.32 Å². The molecule has 0 aromatic carbocycles. The van der Waals surface area contributed by atoms with Crippen molar-refractivity contribution in [3.8, 4) is 6.07 Å². The van der Waals surface area contributed by atoms with Gasteiger partial charge in [0.1, 0.15) is 6.07 Å². The first-order chi connectivity index (χ1) is 8.71. The van der Waals surface area contributed by atoms with Crippen molar-refractivity contribution in [1.29, 1.82) is 5.26 Å². The van der Waals surface area contributed by atoms with Gasteiger partial charge in [-0.2, -0.15) is 5.26 Å². The van der Waals surface area contributed by atoms with Crippen LogP contribution in [-0.2, 0) is 0 Å². The predicted octanol–water partition coefficient (Wildman–Crippen LogP) is 3.66. The Kier molecular flexibility index (Phi) is 3.09. The van der Waals surface area contributed by atoms with Crippen molar-refractivity contribution in [3.05, 3.63) is 23.0 Å². The molecule has 3 heteroatoms. The molecule has 0 aliphatic heterocycles. The summed E-state index contributed by atoms with van der Waals surface area (Å²) in [4.78, 5) is 4.34. The summed E-state index contributed by atoms with van der Waals surface area (Å²) < 4.78 is 0. The lowest BCUT2D eigenvalue weighted by Gasteiger charge is -2.11. The summed E-state index contributed by atoms with van der Waals surface area (Å²) in [6.45, 7) is 14.0. The predicted molar refractivity (Wildman–Crippen MR) is 78.0 cm³/mol. The monoisotopic (exact) mass is 257 g/mol. The van der Waals surface area contributed by atoms with Crippen LogP contribution in [-0.4, -0.2) is 11.5 Å². The number of nitrogens with one attached hydrogen (secondary N) is 1. The van der Waals surface area contributed by atoms with Gasteiger partial charge in [-0.1, -0.05) is 27.7 Å². The molecule has 1 fully saturated rings. The molecule has 1 aromatic rings. The van der Waals surface area contributed by atoms with Gasteiger partial charge in [-0.05, 0) is 36.7 Å². The van der Waals surface area contributed by atoms with E-state index in [0.717, 1.165) is 23.6 Å². The average molecular weight is 257 g/mol. The minimum atomic E-state index is 0.365. The first-order valence-corrected chi connectivity index (χ1v) is 6.84. The number of pyridine rings is 1. The molecule has 1 aliphatic carbocycles. The molecule has 1 heterocycles. The number of aromatic nitrogens is 1. The van der Waals surface area contributed by atoms with Gasteiger partial charge in [0, 0.05) is 12.2 Å². The fourth-order valence-corrected chi connectivity index (χ4v) is 3.16. The second kappa shape index (κ2) is 4.23. The highest BCUT2D eigenvalue weighted by atomic mass is 14.9. The van der Waals surface area contributed by atoms with Crippen LogP contribution < -0.4 is 5.32 Å². The molecule has 0 saturated heterocycles. The van der Waals surface area contributed by atoms with Gasteiger partial charge in [-0.3, -0.25) is 4.98 Å². The lowest BCUT2D eigenvalue weighted by Crippen LogP contribution is -2.10. The van der Waals surface area contributed by atoms with Crippen molar-refractivity contribution in [2.75, 3.05) is 11.9 Å². The fraction of sp³-hybridized carbons (Fsp3) is 0.625. The molecule has 1 aromatic heterocycles. The first-order valence-electron chi connectivity index (χ1n) is 6.84. The van der Waals surface area contributed by atoms with Crippen molar-refractivity contribution in [1.82, 2.24) is 4.98 Å². The highest BCUT2D eigenvalue weighted by Gasteiger charge is 2.64. The summed E-state index contributed by atoms with van der Waals surface area (Å²) in [6, 6.07) is 4.22.